The average Bonchev–Trinajstić information content (AvgIpc) is 2.79. The molecular formula is C24H23FN2O4S. The molecule has 166 valence electrons. The number of carbonyl (C=O) groups excluding carboxylic acids is 1. The number of amides is 1. The summed E-state index contributed by atoms with van der Waals surface area (Å²) in [5.74, 6) is -0.622. The number of carbonyl (C=O) groups is 1. The summed E-state index contributed by atoms with van der Waals surface area (Å²) in [6.45, 7) is 1.98. The van der Waals surface area contributed by atoms with Crippen LogP contribution in [0.5, 0.6) is 5.75 Å². The maximum atomic E-state index is 13.3. The van der Waals surface area contributed by atoms with Crippen molar-refractivity contribution in [1.82, 2.24) is 0 Å². The number of rotatable bonds is 8. The van der Waals surface area contributed by atoms with Crippen molar-refractivity contribution in [1.29, 1.82) is 0 Å². The standard InChI is InChI=1S/C24H23FN2O4S/c1-3-27(20-10-5-4-6-11-20)32(29,30)21-13-14-23(31-2)22(17-21)26-24(28)15-12-18-8-7-9-19(25)16-18/h4-17H,3H2,1-2H3,(H,26,28)/b15-12+. The quantitative estimate of drug-likeness (QED) is 0.501. The van der Waals surface area contributed by atoms with Crippen molar-refractivity contribution in [3.8, 4) is 5.75 Å². The molecule has 0 bridgehead atoms. The second kappa shape index (κ2) is 10.1. The monoisotopic (exact) mass is 454 g/mol. The molecule has 0 saturated carbocycles. The largest absolute Gasteiger partial charge is 0.495 e. The minimum Gasteiger partial charge on any atom is -0.495 e. The summed E-state index contributed by atoms with van der Waals surface area (Å²) < 4.78 is 46.4. The fourth-order valence-electron chi connectivity index (χ4n) is 3.11. The van der Waals surface area contributed by atoms with Gasteiger partial charge in [0, 0.05) is 12.6 Å². The molecule has 32 heavy (non-hydrogen) atoms. The molecule has 1 amide bonds. The van der Waals surface area contributed by atoms with Crippen LogP contribution in [-0.2, 0) is 14.8 Å². The number of halogens is 1. The Morgan fingerprint density at radius 1 is 1.06 bits per heavy atom. The van der Waals surface area contributed by atoms with E-state index in [0.717, 1.165) is 0 Å². The van der Waals surface area contributed by atoms with E-state index in [4.69, 9.17) is 4.74 Å². The summed E-state index contributed by atoms with van der Waals surface area (Å²) >= 11 is 0. The molecule has 3 aromatic rings. The van der Waals surface area contributed by atoms with Crippen LogP contribution in [0.1, 0.15) is 12.5 Å². The molecule has 0 atom stereocenters. The van der Waals surface area contributed by atoms with E-state index in [0.29, 0.717) is 17.0 Å². The van der Waals surface area contributed by atoms with E-state index in [9.17, 15) is 17.6 Å². The minimum atomic E-state index is -3.88. The highest BCUT2D eigenvalue weighted by Crippen LogP contribution is 2.30. The number of nitrogens with one attached hydrogen (secondary N) is 1. The van der Waals surface area contributed by atoms with Crippen LogP contribution in [0, 0.1) is 5.82 Å². The number of benzene rings is 3. The molecule has 0 spiro atoms. The smallest absolute Gasteiger partial charge is 0.264 e. The summed E-state index contributed by atoms with van der Waals surface area (Å²) in [5.41, 5.74) is 1.26. The summed E-state index contributed by atoms with van der Waals surface area (Å²) in [6, 6.07) is 18.8. The lowest BCUT2D eigenvalue weighted by Crippen LogP contribution is -2.30. The lowest BCUT2D eigenvalue weighted by atomic mass is 10.2. The summed E-state index contributed by atoms with van der Waals surface area (Å²) in [6.07, 6.45) is 2.69. The van der Waals surface area contributed by atoms with Gasteiger partial charge >= 0.3 is 0 Å². The van der Waals surface area contributed by atoms with Crippen molar-refractivity contribution in [2.24, 2.45) is 0 Å². The van der Waals surface area contributed by atoms with Crippen LogP contribution >= 0.6 is 0 Å². The van der Waals surface area contributed by atoms with Crippen molar-refractivity contribution in [2.75, 3.05) is 23.3 Å². The van der Waals surface area contributed by atoms with Gasteiger partial charge in [-0.3, -0.25) is 9.10 Å². The van der Waals surface area contributed by atoms with E-state index >= 15 is 0 Å². The molecule has 3 rings (SSSR count). The van der Waals surface area contributed by atoms with Crippen LogP contribution in [-0.4, -0.2) is 28.0 Å². The predicted molar refractivity (Wildman–Crippen MR) is 124 cm³/mol. The Bertz CT molecular complexity index is 1230. The van der Waals surface area contributed by atoms with Gasteiger partial charge in [-0.05, 0) is 61.0 Å². The Hall–Kier alpha value is -3.65. The Labute approximate surface area is 187 Å². The molecule has 0 radical (unpaired) electrons. The van der Waals surface area contributed by atoms with Crippen LogP contribution < -0.4 is 14.4 Å². The van der Waals surface area contributed by atoms with Crippen LogP contribution in [0.2, 0.25) is 0 Å². The van der Waals surface area contributed by atoms with Gasteiger partial charge in [0.25, 0.3) is 10.0 Å². The SMILES string of the molecule is CCN(c1ccccc1)S(=O)(=O)c1ccc(OC)c(NC(=O)/C=C/c2cccc(F)c2)c1. The molecule has 3 aromatic carbocycles. The van der Waals surface area contributed by atoms with Gasteiger partial charge in [0.15, 0.2) is 0 Å². The van der Waals surface area contributed by atoms with E-state index in [-0.39, 0.29) is 17.1 Å². The van der Waals surface area contributed by atoms with Crippen LogP contribution in [0.25, 0.3) is 6.08 Å². The van der Waals surface area contributed by atoms with Gasteiger partial charge in [0.05, 0.1) is 23.4 Å². The Balaban J connectivity index is 1.88. The van der Waals surface area contributed by atoms with E-state index < -0.39 is 21.7 Å². The summed E-state index contributed by atoms with van der Waals surface area (Å²) in [4.78, 5) is 12.4. The third kappa shape index (κ3) is 5.33. The third-order valence-electron chi connectivity index (χ3n) is 4.62. The first-order valence-electron chi connectivity index (χ1n) is 9.85. The first-order chi connectivity index (χ1) is 15.3. The number of para-hydroxylation sites is 1. The van der Waals surface area contributed by atoms with Crippen LogP contribution in [0.15, 0.2) is 83.8 Å². The molecule has 0 saturated heterocycles. The van der Waals surface area contributed by atoms with Crippen LogP contribution in [0.3, 0.4) is 0 Å². The summed E-state index contributed by atoms with van der Waals surface area (Å²) in [5, 5.41) is 2.63. The number of hydrogen-bond donors (Lipinski definition) is 1. The summed E-state index contributed by atoms with van der Waals surface area (Å²) in [7, 11) is -2.46. The molecule has 6 nitrogen and oxygen atoms in total. The average molecular weight is 455 g/mol. The highest BCUT2D eigenvalue weighted by atomic mass is 32.2. The Kier molecular flexibility index (Phi) is 7.27. The molecule has 1 N–H and O–H groups in total. The van der Waals surface area contributed by atoms with Crippen molar-refractivity contribution in [2.45, 2.75) is 11.8 Å². The molecule has 8 heteroatoms. The van der Waals surface area contributed by atoms with E-state index in [1.54, 1.807) is 37.3 Å². The molecule has 0 unspecified atom stereocenters. The lowest BCUT2D eigenvalue weighted by molar-refractivity contribution is -0.111. The fourth-order valence-corrected chi connectivity index (χ4v) is 4.62. The van der Waals surface area contributed by atoms with Crippen molar-refractivity contribution >= 4 is 33.4 Å². The second-order valence-corrected chi connectivity index (χ2v) is 8.61. The first-order valence-corrected chi connectivity index (χ1v) is 11.3. The zero-order valence-electron chi connectivity index (χ0n) is 17.7. The number of nitrogens with zero attached hydrogens (tertiary/aromatic N) is 1. The molecule has 0 aromatic heterocycles. The molecule has 0 aliphatic rings. The number of anilines is 2. The number of hydrogen-bond acceptors (Lipinski definition) is 4. The van der Waals surface area contributed by atoms with Gasteiger partial charge in [-0.15, -0.1) is 0 Å². The van der Waals surface area contributed by atoms with E-state index in [1.165, 1.54) is 60.0 Å². The van der Waals surface area contributed by atoms with E-state index in [2.05, 4.69) is 5.32 Å². The highest BCUT2D eigenvalue weighted by molar-refractivity contribution is 7.92. The predicted octanol–water partition coefficient (Wildman–Crippen LogP) is 4.70. The van der Waals surface area contributed by atoms with E-state index in [1.807, 2.05) is 6.07 Å². The van der Waals surface area contributed by atoms with Crippen molar-refractivity contribution < 1.29 is 22.3 Å². The van der Waals surface area contributed by atoms with Gasteiger partial charge in [-0.2, -0.15) is 0 Å². The van der Waals surface area contributed by atoms with Gasteiger partial charge in [0.2, 0.25) is 5.91 Å². The highest BCUT2D eigenvalue weighted by Gasteiger charge is 2.25. The first kappa shape index (κ1) is 23.0. The Morgan fingerprint density at radius 2 is 1.81 bits per heavy atom. The topological polar surface area (TPSA) is 75.7 Å². The van der Waals surface area contributed by atoms with Gasteiger partial charge in [-0.25, -0.2) is 12.8 Å². The molecule has 0 fully saturated rings. The van der Waals surface area contributed by atoms with Crippen molar-refractivity contribution in [3.63, 3.8) is 0 Å². The van der Waals surface area contributed by atoms with Gasteiger partial charge < -0.3 is 10.1 Å². The maximum Gasteiger partial charge on any atom is 0.264 e. The number of methoxy groups -OCH3 is 1. The maximum absolute atomic E-state index is 13.3. The molecular weight excluding hydrogens is 431 g/mol. The molecule has 0 aliphatic carbocycles. The van der Waals surface area contributed by atoms with Crippen LogP contribution in [0.4, 0.5) is 15.8 Å². The second-order valence-electron chi connectivity index (χ2n) is 6.75. The fraction of sp³-hybridized carbons (Fsp3) is 0.125. The minimum absolute atomic E-state index is 0.00779. The number of sulfonamides is 1. The lowest BCUT2D eigenvalue weighted by Gasteiger charge is -2.23. The number of ether oxygens (including phenoxy) is 1. The van der Waals surface area contributed by atoms with Crippen molar-refractivity contribution in [3.05, 3.63) is 90.3 Å². The normalized spacial score (nSPS) is 11.3. The van der Waals surface area contributed by atoms with Gasteiger partial charge in [0.1, 0.15) is 11.6 Å². The molecule has 0 heterocycles. The Morgan fingerprint density at radius 3 is 2.47 bits per heavy atom. The zero-order chi connectivity index (χ0) is 23.1. The zero-order valence-corrected chi connectivity index (χ0v) is 18.5. The third-order valence-corrected chi connectivity index (χ3v) is 6.52. The van der Waals surface area contributed by atoms with Gasteiger partial charge in [-0.1, -0.05) is 30.3 Å². The molecule has 0 aliphatic heterocycles.